The fourth-order valence-corrected chi connectivity index (χ4v) is 3.23. The molecule has 0 saturated heterocycles. The number of nitrogens with zero attached hydrogens (tertiary/aromatic N) is 4. The largest absolute Gasteiger partial charge is 0.337 e. The van der Waals surface area contributed by atoms with Crippen molar-refractivity contribution < 1.29 is 4.79 Å². The first kappa shape index (κ1) is 18.6. The Hall–Kier alpha value is -3.74. The van der Waals surface area contributed by atoms with Gasteiger partial charge >= 0.3 is 5.69 Å². The van der Waals surface area contributed by atoms with Crippen LogP contribution in [-0.4, -0.2) is 36.9 Å². The molecule has 2 aromatic carbocycles. The molecule has 2 heterocycles. The van der Waals surface area contributed by atoms with E-state index in [2.05, 4.69) is 15.0 Å². The van der Waals surface area contributed by atoms with E-state index in [1.165, 1.54) is 4.57 Å². The van der Waals surface area contributed by atoms with Crippen molar-refractivity contribution in [1.29, 1.82) is 0 Å². The standard InChI is InChI=1S/C22H21N5O2/c1-2-26(14-16-9-5-3-6-10-16)19(28)15-27-21-18(24-22(27)29)13-23-20(25-21)17-11-7-4-8-12-17/h3-13H,2,14-15H2,1H3,(H,24,29). The number of benzene rings is 2. The number of H-pyrrole nitrogens is 1. The molecule has 0 fully saturated rings. The van der Waals surface area contributed by atoms with Gasteiger partial charge in [-0.3, -0.25) is 9.36 Å². The Morgan fingerprint density at radius 3 is 2.45 bits per heavy atom. The van der Waals surface area contributed by atoms with Crippen LogP contribution in [0.1, 0.15) is 12.5 Å². The van der Waals surface area contributed by atoms with Gasteiger partial charge in [0.1, 0.15) is 12.1 Å². The molecule has 0 saturated carbocycles. The number of amides is 1. The van der Waals surface area contributed by atoms with Crippen LogP contribution in [0.5, 0.6) is 0 Å². The van der Waals surface area contributed by atoms with Crippen LogP contribution in [0, 0.1) is 0 Å². The Kier molecular flexibility index (Phi) is 5.20. The van der Waals surface area contributed by atoms with Crippen LogP contribution in [0.25, 0.3) is 22.6 Å². The summed E-state index contributed by atoms with van der Waals surface area (Å²) >= 11 is 0. The van der Waals surface area contributed by atoms with E-state index in [0.29, 0.717) is 30.1 Å². The second kappa shape index (κ2) is 8.10. The highest BCUT2D eigenvalue weighted by Gasteiger charge is 2.18. The molecule has 0 bridgehead atoms. The molecule has 0 aliphatic rings. The number of nitrogens with one attached hydrogen (secondary N) is 1. The number of fused-ring (bicyclic) bond motifs is 1. The topological polar surface area (TPSA) is 83.9 Å². The summed E-state index contributed by atoms with van der Waals surface area (Å²) in [5.74, 6) is 0.370. The zero-order valence-corrected chi connectivity index (χ0v) is 16.1. The maximum absolute atomic E-state index is 12.9. The minimum atomic E-state index is -0.372. The first-order valence-electron chi connectivity index (χ1n) is 9.48. The lowest BCUT2D eigenvalue weighted by atomic mass is 10.2. The second-order valence-corrected chi connectivity index (χ2v) is 6.71. The van der Waals surface area contributed by atoms with Crippen molar-refractivity contribution in [2.24, 2.45) is 0 Å². The van der Waals surface area contributed by atoms with E-state index in [0.717, 1.165) is 11.1 Å². The molecule has 7 heteroatoms. The van der Waals surface area contributed by atoms with E-state index in [4.69, 9.17) is 0 Å². The van der Waals surface area contributed by atoms with E-state index in [9.17, 15) is 9.59 Å². The predicted molar refractivity (Wildman–Crippen MR) is 111 cm³/mol. The van der Waals surface area contributed by atoms with Gasteiger partial charge in [-0.1, -0.05) is 60.7 Å². The molecule has 2 aromatic heterocycles. The van der Waals surface area contributed by atoms with Crippen LogP contribution < -0.4 is 5.69 Å². The summed E-state index contributed by atoms with van der Waals surface area (Å²) in [6.45, 7) is 2.89. The minimum Gasteiger partial charge on any atom is -0.337 e. The quantitative estimate of drug-likeness (QED) is 0.551. The zero-order valence-electron chi connectivity index (χ0n) is 16.1. The molecule has 0 atom stereocenters. The molecule has 1 N–H and O–H groups in total. The van der Waals surface area contributed by atoms with E-state index >= 15 is 0 Å². The number of carbonyl (C=O) groups is 1. The number of aromatic nitrogens is 4. The van der Waals surface area contributed by atoms with Crippen molar-refractivity contribution >= 4 is 17.1 Å². The summed E-state index contributed by atoms with van der Waals surface area (Å²) in [4.78, 5) is 38.7. The number of likely N-dealkylation sites (N-methyl/N-ethyl adjacent to an activating group) is 1. The maximum atomic E-state index is 12.9. The van der Waals surface area contributed by atoms with Crippen LogP contribution in [0.4, 0.5) is 0 Å². The summed E-state index contributed by atoms with van der Waals surface area (Å²) in [5.41, 5.74) is 2.45. The zero-order chi connectivity index (χ0) is 20.2. The van der Waals surface area contributed by atoms with Crippen LogP contribution in [0.3, 0.4) is 0 Å². The lowest BCUT2D eigenvalue weighted by molar-refractivity contribution is -0.132. The predicted octanol–water partition coefficient (Wildman–Crippen LogP) is 2.84. The summed E-state index contributed by atoms with van der Waals surface area (Å²) in [6, 6.07) is 19.3. The molecule has 4 rings (SSSR count). The van der Waals surface area contributed by atoms with Gasteiger partial charge in [0.25, 0.3) is 0 Å². The molecular weight excluding hydrogens is 366 g/mol. The number of hydrogen-bond donors (Lipinski definition) is 1. The van der Waals surface area contributed by atoms with Crippen molar-refractivity contribution in [2.75, 3.05) is 6.54 Å². The van der Waals surface area contributed by atoms with Gasteiger partial charge in [0.2, 0.25) is 5.91 Å². The summed E-state index contributed by atoms with van der Waals surface area (Å²) in [5, 5.41) is 0. The summed E-state index contributed by atoms with van der Waals surface area (Å²) in [7, 11) is 0. The third kappa shape index (κ3) is 3.94. The van der Waals surface area contributed by atoms with Crippen LogP contribution in [0.2, 0.25) is 0 Å². The molecule has 4 aromatic rings. The molecule has 0 spiro atoms. The van der Waals surface area contributed by atoms with Crippen LogP contribution in [0.15, 0.2) is 71.7 Å². The Morgan fingerprint density at radius 2 is 1.76 bits per heavy atom. The fraction of sp³-hybridized carbons (Fsp3) is 0.182. The van der Waals surface area contributed by atoms with E-state index in [1.54, 1.807) is 11.1 Å². The van der Waals surface area contributed by atoms with Gasteiger partial charge in [0.05, 0.1) is 6.20 Å². The summed E-state index contributed by atoms with van der Waals surface area (Å²) < 4.78 is 1.37. The normalized spacial score (nSPS) is 10.9. The first-order chi connectivity index (χ1) is 14.2. The van der Waals surface area contributed by atoms with E-state index < -0.39 is 0 Å². The van der Waals surface area contributed by atoms with Gasteiger partial charge in [-0.25, -0.2) is 14.8 Å². The Morgan fingerprint density at radius 1 is 1.07 bits per heavy atom. The molecular formula is C22H21N5O2. The highest BCUT2D eigenvalue weighted by Crippen LogP contribution is 2.16. The lowest BCUT2D eigenvalue weighted by Gasteiger charge is -2.21. The van der Waals surface area contributed by atoms with Crippen molar-refractivity contribution in [3.05, 3.63) is 82.9 Å². The van der Waals surface area contributed by atoms with Gasteiger partial charge in [-0.2, -0.15) is 0 Å². The number of hydrogen-bond acceptors (Lipinski definition) is 4. The molecule has 0 radical (unpaired) electrons. The average Bonchev–Trinajstić information content (AvgIpc) is 3.07. The highest BCUT2D eigenvalue weighted by atomic mass is 16.2. The SMILES string of the molecule is CCN(Cc1ccccc1)C(=O)Cn1c(=O)[nH]c2cnc(-c3ccccc3)nc21. The Bertz CT molecular complexity index is 1180. The average molecular weight is 387 g/mol. The Labute approximate surface area is 167 Å². The Balaban J connectivity index is 1.63. The number of aromatic amines is 1. The monoisotopic (exact) mass is 387 g/mol. The molecule has 7 nitrogen and oxygen atoms in total. The number of rotatable bonds is 6. The van der Waals surface area contributed by atoms with Gasteiger partial charge < -0.3 is 9.88 Å². The molecule has 29 heavy (non-hydrogen) atoms. The highest BCUT2D eigenvalue weighted by molar-refractivity contribution is 5.79. The third-order valence-corrected chi connectivity index (χ3v) is 4.79. The first-order valence-corrected chi connectivity index (χ1v) is 9.48. The van der Waals surface area contributed by atoms with E-state index in [-0.39, 0.29) is 18.1 Å². The molecule has 146 valence electrons. The minimum absolute atomic E-state index is 0.0786. The third-order valence-electron chi connectivity index (χ3n) is 4.79. The maximum Gasteiger partial charge on any atom is 0.328 e. The van der Waals surface area contributed by atoms with Gasteiger partial charge in [-0.15, -0.1) is 0 Å². The molecule has 0 aliphatic heterocycles. The second-order valence-electron chi connectivity index (χ2n) is 6.71. The van der Waals surface area contributed by atoms with Crippen molar-refractivity contribution in [3.63, 3.8) is 0 Å². The molecule has 0 unspecified atom stereocenters. The molecule has 1 amide bonds. The summed E-state index contributed by atoms with van der Waals surface area (Å²) in [6.07, 6.45) is 1.58. The fourth-order valence-electron chi connectivity index (χ4n) is 3.23. The smallest absolute Gasteiger partial charge is 0.328 e. The van der Waals surface area contributed by atoms with Crippen LogP contribution >= 0.6 is 0 Å². The lowest BCUT2D eigenvalue weighted by Crippen LogP contribution is -2.35. The van der Waals surface area contributed by atoms with Crippen molar-refractivity contribution in [2.45, 2.75) is 20.0 Å². The van der Waals surface area contributed by atoms with Gasteiger partial charge in [-0.05, 0) is 12.5 Å². The number of imidazole rings is 1. The van der Waals surface area contributed by atoms with Gasteiger partial charge in [0.15, 0.2) is 11.5 Å². The van der Waals surface area contributed by atoms with E-state index in [1.807, 2.05) is 67.6 Å². The van der Waals surface area contributed by atoms with Crippen LogP contribution in [-0.2, 0) is 17.9 Å². The van der Waals surface area contributed by atoms with Crippen molar-refractivity contribution in [3.8, 4) is 11.4 Å². The van der Waals surface area contributed by atoms with Crippen molar-refractivity contribution in [1.82, 2.24) is 24.4 Å². The number of carbonyl (C=O) groups excluding carboxylic acids is 1. The molecule has 0 aliphatic carbocycles. The van der Waals surface area contributed by atoms with Gasteiger partial charge in [0, 0.05) is 18.7 Å².